The topological polar surface area (TPSA) is 93.0 Å². The van der Waals surface area contributed by atoms with Crippen LogP contribution in [0.4, 0.5) is 0 Å². The molecule has 1 saturated heterocycles. The lowest BCUT2D eigenvalue weighted by Crippen LogP contribution is -2.39. The second-order valence-electron chi connectivity index (χ2n) is 7.28. The van der Waals surface area contributed by atoms with Crippen LogP contribution in [0, 0.1) is 0 Å². The van der Waals surface area contributed by atoms with Crippen LogP contribution in [0.2, 0.25) is 0 Å². The molecule has 0 bridgehead atoms. The smallest absolute Gasteiger partial charge is 0.332 e. The van der Waals surface area contributed by atoms with Gasteiger partial charge in [-0.25, -0.2) is 9.78 Å². The summed E-state index contributed by atoms with van der Waals surface area (Å²) in [6, 6.07) is 4.05. The summed E-state index contributed by atoms with van der Waals surface area (Å²) in [7, 11) is 3.06. The lowest BCUT2D eigenvalue weighted by Gasteiger charge is -2.32. The summed E-state index contributed by atoms with van der Waals surface area (Å²) in [5.41, 5.74) is -0.0777. The lowest BCUT2D eigenvalue weighted by molar-refractivity contribution is -0.132. The monoisotopic (exact) mass is 401 g/mol. The third-order valence-electron chi connectivity index (χ3n) is 5.44. The second kappa shape index (κ2) is 7.38. The minimum Gasteiger partial charge on any atom is -0.342 e. The van der Waals surface area contributed by atoms with Crippen LogP contribution in [-0.2, 0) is 25.3 Å². The van der Waals surface area contributed by atoms with Gasteiger partial charge in [-0.3, -0.25) is 18.7 Å². The summed E-state index contributed by atoms with van der Waals surface area (Å²) in [5.74, 6) is 0.855. The van der Waals surface area contributed by atoms with Crippen molar-refractivity contribution in [3.63, 3.8) is 0 Å². The second-order valence-corrected chi connectivity index (χ2v) is 8.32. The largest absolute Gasteiger partial charge is 0.342 e. The molecule has 148 valence electrons. The number of piperidine rings is 1. The van der Waals surface area contributed by atoms with Crippen LogP contribution in [-0.4, -0.2) is 43.0 Å². The highest BCUT2D eigenvalue weighted by Crippen LogP contribution is 2.26. The third-order valence-corrected chi connectivity index (χ3v) is 6.38. The molecule has 4 heterocycles. The first-order chi connectivity index (χ1) is 13.5. The average Bonchev–Trinajstić information content (AvgIpc) is 3.39. The van der Waals surface area contributed by atoms with Crippen molar-refractivity contribution in [1.82, 2.24) is 24.0 Å². The Labute approximate surface area is 165 Å². The zero-order chi connectivity index (χ0) is 19.8. The minimum absolute atomic E-state index is 0.0339. The van der Waals surface area contributed by atoms with E-state index in [9.17, 15) is 14.4 Å². The highest BCUT2D eigenvalue weighted by Gasteiger charge is 2.27. The number of aromatic amines is 1. The molecule has 3 aromatic heterocycles. The molecule has 3 aromatic rings. The van der Waals surface area contributed by atoms with Gasteiger partial charge in [0.1, 0.15) is 11.3 Å². The molecule has 9 heteroatoms. The predicted octanol–water partition coefficient (Wildman–Crippen LogP) is 1.36. The van der Waals surface area contributed by atoms with E-state index in [1.807, 2.05) is 16.3 Å². The van der Waals surface area contributed by atoms with Gasteiger partial charge in [-0.05, 0) is 30.7 Å². The molecule has 1 atom stereocenters. The van der Waals surface area contributed by atoms with E-state index in [-0.39, 0.29) is 17.4 Å². The van der Waals surface area contributed by atoms with Crippen LogP contribution in [0.15, 0.2) is 27.1 Å². The Morgan fingerprint density at radius 3 is 2.89 bits per heavy atom. The molecular formula is C19H23N5O3S. The van der Waals surface area contributed by atoms with E-state index in [2.05, 4.69) is 16.0 Å². The highest BCUT2D eigenvalue weighted by molar-refractivity contribution is 7.09. The number of aryl methyl sites for hydroxylation is 2. The van der Waals surface area contributed by atoms with E-state index in [0.29, 0.717) is 30.0 Å². The predicted molar refractivity (Wildman–Crippen MR) is 108 cm³/mol. The van der Waals surface area contributed by atoms with Gasteiger partial charge in [0.25, 0.3) is 5.56 Å². The Bertz CT molecular complexity index is 1130. The molecule has 1 fully saturated rings. The third kappa shape index (κ3) is 3.30. The fraction of sp³-hybridized carbons (Fsp3) is 0.474. The molecule has 0 aromatic carbocycles. The normalized spacial score (nSPS) is 17.4. The number of nitrogens with zero attached hydrogens (tertiary/aromatic N) is 4. The van der Waals surface area contributed by atoms with Crippen LogP contribution in [0.25, 0.3) is 11.2 Å². The van der Waals surface area contributed by atoms with Crippen molar-refractivity contribution >= 4 is 28.4 Å². The first kappa shape index (κ1) is 18.7. The summed E-state index contributed by atoms with van der Waals surface area (Å²) in [6.45, 7) is 1.33. The van der Waals surface area contributed by atoms with Crippen molar-refractivity contribution in [2.24, 2.45) is 14.1 Å². The number of H-pyrrole nitrogens is 1. The van der Waals surface area contributed by atoms with Gasteiger partial charge in [-0.2, -0.15) is 0 Å². The number of nitrogens with one attached hydrogen (secondary N) is 1. The Morgan fingerprint density at radius 2 is 2.14 bits per heavy atom. The van der Waals surface area contributed by atoms with Crippen molar-refractivity contribution in [1.29, 1.82) is 0 Å². The van der Waals surface area contributed by atoms with Crippen LogP contribution in [0.5, 0.6) is 0 Å². The number of thiophene rings is 1. The SMILES string of the molecule is Cn1c(=O)c2[nH]c(C3CCCN(C(=O)CCc4cccs4)C3)nc2n(C)c1=O. The molecule has 0 radical (unpaired) electrons. The number of hydrogen-bond donors (Lipinski definition) is 1. The number of hydrogen-bond acceptors (Lipinski definition) is 5. The summed E-state index contributed by atoms with van der Waals surface area (Å²) < 4.78 is 2.45. The number of carbonyl (C=O) groups is 1. The quantitative estimate of drug-likeness (QED) is 0.714. The average molecular weight is 401 g/mol. The Kier molecular flexibility index (Phi) is 4.92. The fourth-order valence-corrected chi connectivity index (χ4v) is 4.52. The number of likely N-dealkylation sites (tertiary alicyclic amines) is 1. The number of aromatic nitrogens is 4. The van der Waals surface area contributed by atoms with Crippen LogP contribution >= 0.6 is 11.3 Å². The van der Waals surface area contributed by atoms with E-state index in [4.69, 9.17) is 0 Å². The van der Waals surface area contributed by atoms with Gasteiger partial charge in [0.2, 0.25) is 5.91 Å². The maximum Gasteiger partial charge on any atom is 0.332 e. The first-order valence-corrected chi connectivity index (χ1v) is 10.3. The molecule has 1 aliphatic heterocycles. The van der Waals surface area contributed by atoms with Crippen molar-refractivity contribution in [3.05, 3.63) is 49.1 Å². The summed E-state index contributed by atoms with van der Waals surface area (Å²) >= 11 is 1.67. The highest BCUT2D eigenvalue weighted by atomic mass is 32.1. The van der Waals surface area contributed by atoms with Gasteiger partial charge in [-0.15, -0.1) is 11.3 Å². The summed E-state index contributed by atoms with van der Waals surface area (Å²) in [4.78, 5) is 47.9. The maximum atomic E-state index is 12.6. The van der Waals surface area contributed by atoms with Gasteiger partial charge in [0.05, 0.1) is 0 Å². The number of carbonyl (C=O) groups excluding carboxylic acids is 1. The molecule has 0 saturated carbocycles. The molecule has 0 spiro atoms. The summed E-state index contributed by atoms with van der Waals surface area (Å²) in [5, 5.41) is 2.02. The molecular weight excluding hydrogens is 378 g/mol. The van der Waals surface area contributed by atoms with Crippen LogP contribution in [0.1, 0.15) is 35.9 Å². The van der Waals surface area contributed by atoms with E-state index < -0.39 is 5.69 Å². The Hall–Kier alpha value is -2.68. The minimum atomic E-state index is -0.399. The molecule has 8 nitrogen and oxygen atoms in total. The standard InChI is InChI=1S/C19H23N5O3S/c1-22-17-15(18(26)23(2)19(22)27)20-16(21-17)12-5-3-9-24(11-12)14(25)8-7-13-6-4-10-28-13/h4,6,10,12H,3,5,7-9,11H2,1-2H3,(H,20,21). The van der Waals surface area contributed by atoms with E-state index in [1.54, 1.807) is 18.4 Å². The molecule has 0 aliphatic carbocycles. The van der Waals surface area contributed by atoms with Gasteiger partial charge in [0.15, 0.2) is 5.65 Å². The van der Waals surface area contributed by atoms with Crippen LogP contribution < -0.4 is 11.2 Å². The van der Waals surface area contributed by atoms with Gasteiger partial charge in [0, 0.05) is 44.4 Å². The van der Waals surface area contributed by atoms with Crippen molar-refractivity contribution in [2.75, 3.05) is 13.1 Å². The van der Waals surface area contributed by atoms with Gasteiger partial charge >= 0.3 is 5.69 Å². The van der Waals surface area contributed by atoms with E-state index in [1.165, 1.54) is 16.5 Å². The fourth-order valence-electron chi connectivity index (χ4n) is 3.81. The number of amides is 1. The number of imidazole rings is 1. The molecule has 4 rings (SSSR count). The summed E-state index contributed by atoms with van der Waals surface area (Å²) in [6.07, 6.45) is 3.05. The molecule has 1 amide bonds. The molecule has 1 aliphatic rings. The van der Waals surface area contributed by atoms with Crippen molar-refractivity contribution in [2.45, 2.75) is 31.6 Å². The molecule has 1 N–H and O–H groups in total. The number of rotatable bonds is 4. The zero-order valence-electron chi connectivity index (χ0n) is 16.0. The first-order valence-electron chi connectivity index (χ1n) is 9.41. The lowest BCUT2D eigenvalue weighted by atomic mass is 9.97. The van der Waals surface area contributed by atoms with Gasteiger partial charge in [-0.1, -0.05) is 6.07 Å². The number of fused-ring (bicyclic) bond motifs is 1. The maximum absolute atomic E-state index is 12.6. The Balaban J connectivity index is 1.54. The molecule has 1 unspecified atom stereocenters. The Morgan fingerprint density at radius 1 is 1.32 bits per heavy atom. The van der Waals surface area contributed by atoms with Crippen molar-refractivity contribution in [3.8, 4) is 0 Å². The zero-order valence-corrected chi connectivity index (χ0v) is 16.8. The van der Waals surface area contributed by atoms with E-state index in [0.717, 1.165) is 30.4 Å². The van der Waals surface area contributed by atoms with E-state index >= 15 is 0 Å². The van der Waals surface area contributed by atoms with Crippen LogP contribution in [0.3, 0.4) is 0 Å². The van der Waals surface area contributed by atoms with Gasteiger partial charge < -0.3 is 9.88 Å². The van der Waals surface area contributed by atoms with Crippen molar-refractivity contribution < 1.29 is 4.79 Å². The molecule has 28 heavy (non-hydrogen) atoms.